The summed E-state index contributed by atoms with van der Waals surface area (Å²) in [5, 5.41) is 8.71. The smallest absolute Gasteiger partial charge is 0.0895 e. The van der Waals surface area contributed by atoms with E-state index in [-0.39, 0.29) is 18.3 Å². The van der Waals surface area contributed by atoms with Gasteiger partial charge in [0.2, 0.25) is 0 Å². The van der Waals surface area contributed by atoms with Gasteiger partial charge in [0, 0.05) is 12.1 Å². The fourth-order valence-electron chi connectivity index (χ4n) is 1.62. The Labute approximate surface area is 115 Å². The minimum Gasteiger partial charge on any atom is -0.394 e. The molecule has 1 aromatic rings. The highest BCUT2D eigenvalue weighted by Gasteiger charge is 2.11. The molecule has 1 atom stereocenters. The van der Waals surface area contributed by atoms with Gasteiger partial charge in [0.25, 0.3) is 0 Å². The molecule has 19 heavy (non-hydrogen) atoms. The second-order valence-corrected chi connectivity index (χ2v) is 5.63. The second kappa shape index (κ2) is 7.58. The zero-order chi connectivity index (χ0) is 14.3. The Bertz CT molecular complexity index is 374. The zero-order valence-electron chi connectivity index (χ0n) is 12.3. The Balaban J connectivity index is 2.52. The Morgan fingerprint density at radius 1 is 1.26 bits per heavy atom. The van der Waals surface area contributed by atoms with Gasteiger partial charge in [-0.25, -0.2) is 0 Å². The molecule has 0 aromatic carbocycles. The van der Waals surface area contributed by atoms with Gasteiger partial charge in [-0.3, -0.25) is 4.98 Å². The molecule has 0 spiro atoms. The number of aromatic nitrogens is 1. The third kappa shape index (κ3) is 7.25. The summed E-state index contributed by atoms with van der Waals surface area (Å²) in [5.74, 6) is 0. The van der Waals surface area contributed by atoms with E-state index in [1.54, 1.807) is 0 Å². The minimum absolute atomic E-state index is 0.0528. The molecule has 0 amide bonds. The molecule has 1 unspecified atom stereocenters. The lowest BCUT2D eigenvalue weighted by atomic mass is 10.2. The number of aliphatic hydroxyl groups is 1. The summed E-state index contributed by atoms with van der Waals surface area (Å²) in [7, 11) is 0. The van der Waals surface area contributed by atoms with Crippen LogP contribution < -0.4 is 0 Å². The highest BCUT2D eigenvalue weighted by atomic mass is 16.5. The van der Waals surface area contributed by atoms with Gasteiger partial charge in [0.15, 0.2) is 0 Å². The highest BCUT2D eigenvalue weighted by molar-refractivity contribution is 5.11. The van der Waals surface area contributed by atoms with E-state index in [1.807, 2.05) is 45.9 Å². The van der Waals surface area contributed by atoms with Gasteiger partial charge < -0.3 is 14.6 Å². The van der Waals surface area contributed by atoms with Crippen LogP contribution in [0.2, 0.25) is 0 Å². The first kappa shape index (κ1) is 16.1. The molecular weight excluding hydrogens is 242 g/mol. The van der Waals surface area contributed by atoms with Gasteiger partial charge in [0.1, 0.15) is 0 Å². The summed E-state index contributed by atoms with van der Waals surface area (Å²) in [6.07, 6.45) is 0.794. The first-order chi connectivity index (χ1) is 8.90. The third-order valence-corrected chi connectivity index (χ3v) is 2.51. The van der Waals surface area contributed by atoms with E-state index in [0.717, 1.165) is 17.8 Å². The van der Waals surface area contributed by atoms with Gasteiger partial charge in [-0.05, 0) is 39.8 Å². The molecule has 0 saturated heterocycles. The summed E-state index contributed by atoms with van der Waals surface area (Å²) in [5.41, 5.74) is 1.76. The van der Waals surface area contributed by atoms with E-state index >= 15 is 0 Å². The first-order valence-electron chi connectivity index (χ1n) is 6.72. The molecule has 108 valence electrons. The van der Waals surface area contributed by atoms with Crippen LogP contribution in [-0.4, -0.2) is 35.0 Å². The lowest BCUT2D eigenvalue weighted by Crippen LogP contribution is -2.19. The molecule has 4 heteroatoms. The lowest BCUT2D eigenvalue weighted by molar-refractivity contribution is -0.0166. The van der Waals surface area contributed by atoms with Crippen molar-refractivity contribution in [1.82, 2.24) is 4.98 Å². The molecule has 0 aliphatic heterocycles. The van der Waals surface area contributed by atoms with Crippen molar-refractivity contribution in [2.45, 2.75) is 52.4 Å². The van der Waals surface area contributed by atoms with E-state index in [0.29, 0.717) is 13.2 Å². The van der Waals surface area contributed by atoms with E-state index in [9.17, 15) is 0 Å². The average molecular weight is 267 g/mol. The SMILES string of the molecule is CC(Cc1cccc(COC(C)(C)C)n1)OCCO. The molecule has 1 aromatic heterocycles. The molecule has 0 bridgehead atoms. The van der Waals surface area contributed by atoms with E-state index in [4.69, 9.17) is 14.6 Å². The largest absolute Gasteiger partial charge is 0.394 e. The summed E-state index contributed by atoms with van der Waals surface area (Å²) in [4.78, 5) is 4.56. The number of aliphatic hydroxyl groups excluding tert-OH is 1. The van der Waals surface area contributed by atoms with Crippen LogP contribution in [0.5, 0.6) is 0 Å². The van der Waals surface area contributed by atoms with Crippen LogP contribution in [0.15, 0.2) is 18.2 Å². The quantitative estimate of drug-likeness (QED) is 0.824. The van der Waals surface area contributed by atoms with Crippen molar-refractivity contribution in [3.8, 4) is 0 Å². The molecule has 0 fully saturated rings. The van der Waals surface area contributed by atoms with E-state index < -0.39 is 0 Å². The van der Waals surface area contributed by atoms with Gasteiger partial charge in [0.05, 0.1) is 37.2 Å². The molecular formula is C15H25NO3. The van der Waals surface area contributed by atoms with Crippen LogP contribution in [-0.2, 0) is 22.5 Å². The predicted molar refractivity (Wildman–Crippen MR) is 75.0 cm³/mol. The Kier molecular flexibility index (Phi) is 6.42. The summed E-state index contributed by atoms with van der Waals surface area (Å²) in [6, 6.07) is 5.94. The fourth-order valence-corrected chi connectivity index (χ4v) is 1.62. The van der Waals surface area contributed by atoms with Crippen molar-refractivity contribution >= 4 is 0 Å². The molecule has 1 N–H and O–H groups in total. The summed E-state index contributed by atoms with van der Waals surface area (Å²) >= 11 is 0. The highest BCUT2D eigenvalue weighted by Crippen LogP contribution is 2.11. The zero-order valence-corrected chi connectivity index (χ0v) is 12.3. The topological polar surface area (TPSA) is 51.6 Å². The lowest BCUT2D eigenvalue weighted by Gasteiger charge is -2.19. The molecule has 1 rings (SSSR count). The fraction of sp³-hybridized carbons (Fsp3) is 0.667. The number of rotatable bonds is 7. The monoisotopic (exact) mass is 267 g/mol. The van der Waals surface area contributed by atoms with Crippen LogP contribution in [0.1, 0.15) is 39.1 Å². The first-order valence-corrected chi connectivity index (χ1v) is 6.72. The van der Waals surface area contributed by atoms with Gasteiger partial charge >= 0.3 is 0 Å². The molecule has 0 aliphatic rings. The van der Waals surface area contributed by atoms with Crippen molar-refractivity contribution in [2.24, 2.45) is 0 Å². The maximum Gasteiger partial charge on any atom is 0.0895 e. The van der Waals surface area contributed by atoms with Gasteiger partial charge in [-0.15, -0.1) is 0 Å². The Hall–Kier alpha value is -0.970. The predicted octanol–water partition coefficient (Wildman–Crippen LogP) is 2.34. The number of ether oxygens (including phenoxy) is 2. The molecule has 0 aliphatic carbocycles. The van der Waals surface area contributed by atoms with Crippen molar-refractivity contribution in [3.05, 3.63) is 29.6 Å². The van der Waals surface area contributed by atoms with Crippen molar-refractivity contribution in [3.63, 3.8) is 0 Å². The standard InChI is InChI=1S/C15H25NO3/c1-12(18-9-8-17)10-13-6-5-7-14(16-13)11-19-15(2,3)4/h5-7,12,17H,8-11H2,1-4H3. The summed E-state index contributed by atoms with van der Waals surface area (Å²) < 4.78 is 11.1. The molecule has 0 saturated carbocycles. The van der Waals surface area contributed by atoms with Crippen molar-refractivity contribution in [1.29, 1.82) is 0 Å². The number of nitrogens with zero attached hydrogens (tertiary/aromatic N) is 1. The van der Waals surface area contributed by atoms with Crippen LogP contribution >= 0.6 is 0 Å². The number of hydrogen-bond acceptors (Lipinski definition) is 4. The van der Waals surface area contributed by atoms with Crippen LogP contribution in [0.25, 0.3) is 0 Å². The van der Waals surface area contributed by atoms with Gasteiger partial charge in [-0.1, -0.05) is 6.07 Å². The third-order valence-electron chi connectivity index (χ3n) is 2.51. The molecule has 4 nitrogen and oxygen atoms in total. The maximum absolute atomic E-state index is 8.71. The number of hydrogen-bond donors (Lipinski definition) is 1. The Morgan fingerprint density at radius 2 is 1.95 bits per heavy atom. The molecule has 0 radical (unpaired) electrons. The molecule has 1 heterocycles. The normalized spacial score (nSPS) is 13.5. The van der Waals surface area contributed by atoms with Crippen LogP contribution in [0.3, 0.4) is 0 Å². The maximum atomic E-state index is 8.71. The van der Waals surface area contributed by atoms with Crippen molar-refractivity contribution in [2.75, 3.05) is 13.2 Å². The van der Waals surface area contributed by atoms with Crippen LogP contribution in [0.4, 0.5) is 0 Å². The van der Waals surface area contributed by atoms with E-state index in [1.165, 1.54) is 0 Å². The van der Waals surface area contributed by atoms with Crippen LogP contribution in [0, 0.1) is 0 Å². The van der Waals surface area contributed by atoms with E-state index in [2.05, 4.69) is 4.98 Å². The summed E-state index contributed by atoms with van der Waals surface area (Å²) in [6.45, 7) is 9.01. The van der Waals surface area contributed by atoms with Crippen molar-refractivity contribution < 1.29 is 14.6 Å². The number of pyridine rings is 1. The minimum atomic E-state index is -0.158. The average Bonchev–Trinajstić information content (AvgIpc) is 2.33. The Morgan fingerprint density at radius 3 is 2.58 bits per heavy atom. The second-order valence-electron chi connectivity index (χ2n) is 5.63. The van der Waals surface area contributed by atoms with Gasteiger partial charge in [-0.2, -0.15) is 0 Å².